The van der Waals surface area contributed by atoms with Crippen molar-refractivity contribution in [2.75, 3.05) is 11.4 Å². The minimum Gasteiger partial charge on any atom is -0.338 e. The second-order valence-corrected chi connectivity index (χ2v) is 9.17. The molecule has 6 nitrogen and oxygen atoms in total. The molecule has 3 heterocycles. The molecule has 1 aromatic carbocycles. The second kappa shape index (κ2) is 7.27. The molecule has 0 bridgehead atoms. The van der Waals surface area contributed by atoms with Gasteiger partial charge in [0.15, 0.2) is 32.8 Å². The van der Waals surface area contributed by atoms with E-state index in [0.29, 0.717) is 35.6 Å². The van der Waals surface area contributed by atoms with Gasteiger partial charge < -0.3 is 4.90 Å². The van der Waals surface area contributed by atoms with Crippen molar-refractivity contribution in [1.82, 2.24) is 14.5 Å². The van der Waals surface area contributed by atoms with E-state index in [-0.39, 0.29) is 28.7 Å². The number of benzene rings is 1. The Labute approximate surface area is 177 Å². The molecule has 30 heavy (non-hydrogen) atoms. The summed E-state index contributed by atoms with van der Waals surface area (Å²) in [7, 11) is 1.55. The minimum absolute atomic E-state index is 0.187. The lowest BCUT2D eigenvalue weighted by atomic mass is 10.0. The highest BCUT2D eigenvalue weighted by Crippen LogP contribution is 2.48. The lowest BCUT2D eigenvalue weighted by Gasteiger charge is -2.22. The first-order valence-corrected chi connectivity index (χ1v) is 11.2. The summed E-state index contributed by atoms with van der Waals surface area (Å²) in [6.07, 6.45) is 3.68. The molecule has 8 heteroatoms. The van der Waals surface area contributed by atoms with Crippen LogP contribution in [0.25, 0.3) is 10.3 Å². The number of hydrogen-bond donors (Lipinski definition) is 0. The van der Waals surface area contributed by atoms with E-state index in [1.54, 1.807) is 7.05 Å². The van der Waals surface area contributed by atoms with Crippen molar-refractivity contribution in [2.24, 2.45) is 7.05 Å². The number of fused-ring (bicyclic) bond motifs is 1. The number of alkyl halides is 1. The van der Waals surface area contributed by atoms with Gasteiger partial charge in [-0.2, -0.15) is 0 Å². The number of carbonyl (C=O) groups excluding carboxylic acids is 1. The van der Waals surface area contributed by atoms with Crippen LogP contribution in [0, 0.1) is 0 Å². The van der Waals surface area contributed by atoms with Gasteiger partial charge >= 0.3 is 0 Å². The molecule has 2 fully saturated rings. The number of rotatable bonds is 6. The molecule has 2 aliphatic rings. The van der Waals surface area contributed by atoms with Gasteiger partial charge in [-0.3, -0.25) is 14.2 Å². The first-order chi connectivity index (χ1) is 14.5. The Balaban J connectivity index is 1.40. The third-order valence-corrected chi connectivity index (χ3v) is 7.08. The molecular weight excluding hydrogens is 403 g/mol. The van der Waals surface area contributed by atoms with Gasteiger partial charge in [-0.1, -0.05) is 41.7 Å². The molecule has 1 aliphatic heterocycles. The van der Waals surface area contributed by atoms with Gasteiger partial charge in [0.05, 0.1) is 6.04 Å². The summed E-state index contributed by atoms with van der Waals surface area (Å²) in [5.41, 5.74) is -0.410. The van der Waals surface area contributed by atoms with E-state index in [1.165, 1.54) is 15.9 Å². The summed E-state index contributed by atoms with van der Waals surface area (Å²) < 4.78 is 15.9. The Morgan fingerprint density at radius 2 is 2.03 bits per heavy atom. The maximum Gasteiger partial charge on any atom is 0.280 e. The van der Waals surface area contributed by atoms with Gasteiger partial charge in [-0.05, 0) is 37.7 Å². The third kappa shape index (κ3) is 3.33. The van der Waals surface area contributed by atoms with Gasteiger partial charge in [0.2, 0.25) is 0 Å². The van der Waals surface area contributed by atoms with Crippen LogP contribution in [-0.4, -0.2) is 32.9 Å². The molecule has 1 aliphatic carbocycles. The zero-order valence-corrected chi connectivity index (χ0v) is 17.6. The predicted octanol–water partition coefficient (Wildman–Crippen LogP) is 3.52. The number of hydrogen-bond acceptors (Lipinski definition) is 6. The summed E-state index contributed by atoms with van der Waals surface area (Å²) in [4.78, 5) is 37.1. The number of Topliss-reactive ketones (excluding diaryl/α,β-unsaturated/α-hetero) is 1. The van der Waals surface area contributed by atoms with Crippen LogP contribution in [0.3, 0.4) is 0 Å². The molecule has 3 aromatic rings. The highest BCUT2D eigenvalue weighted by Gasteiger charge is 2.49. The standard InChI is InChI=1S/C22H23FN4O2S/c1-26-19(29)17-18(25-20(26)22(23)11-12-22)30-21(24-17)27-13-5-8-15(27)16(28)10-9-14-6-3-2-4-7-14/h2-4,6-7,15H,5,8-13H2,1H3/t15-/m1/s1. The Hall–Kier alpha value is -2.61. The number of thiazole rings is 1. The SMILES string of the molecule is Cn1c(C2(F)CC2)nc2sc(N3CCC[C@@H]3C(=O)CCc3ccccc3)nc2c1=O. The van der Waals surface area contributed by atoms with Crippen molar-refractivity contribution in [3.63, 3.8) is 0 Å². The number of ketones is 1. The highest BCUT2D eigenvalue weighted by molar-refractivity contribution is 7.21. The smallest absolute Gasteiger partial charge is 0.280 e. The van der Waals surface area contributed by atoms with Crippen molar-refractivity contribution in [3.8, 4) is 0 Å². The summed E-state index contributed by atoms with van der Waals surface area (Å²) in [5, 5.41) is 0.631. The normalized spacial score (nSPS) is 20.1. The van der Waals surface area contributed by atoms with E-state index in [9.17, 15) is 14.0 Å². The quantitative estimate of drug-likeness (QED) is 0.603. The fourth-order valence-electron chi connectivity index (χ4n) is 4.21. The summed E-state index contributed by atoms with van der Waals surface area (Å²) in [6, 6.07) is 9.76. The van der Waals surface area contributed by atoms with E-state index in [4.69, 9.17) is 0 Å². The van der Waals surface area contributed by atoms with Crippen molar-refractivity contribution in [3.05, 3.63) is 52.1 Å². The van der Waals surface area contributed by atoms with Gasteiger partial charge in [-0.25, -0.2) is 14.4 Å². The van der Waals surface area contributed by atoms with E-state index < -0.39 is 5.67 Å². The number of nitrogens with zero attached hydrogens (tertiary/aromatic N) is 4. The fourth-order valence-corrected chi connectivity index (χ4v) is 5.22. The van der Waals surface area contributed by atoms with E-state index in [2.05, 4.69) is 9.97 Å². The number of carbonyl (C=O) groups is 1. The fraction of sp³-hybridized carbons (Fsp3) is 0.455. The van der Waals surface area contributed by atoms with Crippen LogP contribution < -0.4 is 10.5 Å². The van der Waals surface area contributed by atoms with Gasteiger partial charge in [0.1, 0.15) is 0 Å². The molecular formula is C22H23FN4O2S. The Morgan fingerprint density at radius 3 is 2.77 bits per heavy atom. The zero-order valence-electron chi connectivity index (χ0n) is 16.8. The third-order valence-electron chi connectivity index (χ3n) is 6.09. The van der Waals surface area contributed by atoms with Crippen LogP contribution in [0.2, 0.25) is 0 Å². The molecule has 0 radical (unpaired) electrons. The van der Waals surface area contributed by atoms with Crippen LogP contribution in [0.15, 0.2) is 35.1 Å². The van der Waals surface area contributed by atoms with Gasteiger partial charge in [0, 0.05) is 20.0 Å². The van der Waals surface area contributed by atoms with Crippen LogP contribution in [0.1, 0.15) is 43.5 Å². The van der Waals surface area contributed by atoms with Crippen LogP contribution >= 0.6 is 11.3 Å². The maximum atomic E-state index is 14.6. The zero-order chi connectivity index (χ0) is 20.9. The molecule has 1 saturated carbocycles. The number of aryl methyl sites for hydroxylation is 1. The number of aromatic nitrogens is 3. The summed E-state index contributed by atoms with van der Waals surface area (Å²) in [6.45, 7) is 0.724. The largest absolute Gasteiger partial charge is 0.338 e. The minimum atomic E-state index is -1.49. The lowest BCUT2D eigenvalue weighted by Crippen LogP contribution is -2.36. The Bertz CT molecular complexity index is 1170. The molecule has 2 aromatic heterocycles. The number of anilines is 1. The summed E-state index contributed by atoms with van der Waals surface area (Å²) in [5.74, 6) is 0.380. The molecule has 0 N–H and O–H groups in total. The maximum absolute atomic E-state index is 14.6. The van der Waals surface area contributed by atoms with Crippen LogP contribution in [0.5, 0.6) is 0 Å². The predicted molar refractivity (Wildman–Crippen MR) is 115 cm³/mol. The molecule has 5 rings (SSSR count). The van der Waals surface area contributed by atoms with E-state index in [1.807, 2.05) is 35.2 Å². The molecule has 1 atom stereocenters. The van der Waals surface area contributed by atoms with E-state index in [0.717, 1.165) is 24.9 Å². The number of halogens is 1. The molecule has 0 amide bonds. The van der Waals surface area contributed by atoms with E-state index >= 15 is 0 Å². The molecule has 0 unspecified atom stereocenters. The first-order valence-electron chi connectivity index (χ1n) is 10.4. The van der Waals surface area contributed by atoms with Crippen molar-refractivity contribution in [2.45, 2.75) is 50.2 Å². The second-order valence-electron chi connectivity index (χ2n) is 8.22. The Kier molecular flexibility index (Phi) is 4.69. The lowest BCUT2D eigenvalue weighted by molar-refractivity contribution is -0.120. The van der Waals surface area contributed by atoms with Crippen molar-refractivity contribution < 1.29 is 9.18 Å². The van der Waals surface area contributed by atoms with Gasteiger partial charge in [0.25, 0.3) is 5.56 Å². The average molecular weight is 427 g/mol. The average Bonchev–Trinajstić information content (AvgIpc) is 3.17. The highest BCUT2D eigenvalue weighted by atomic mass is 32.1. The summed E-state index contributed by atoms with van der Waals surface area (Å²) >= 11 is 1.28. The van der Waals surface area contributed by atoms with Crippen LogP contribution in [-0.2, 0) is 23.9 Å². The van der Waals surface area contributed by atoms with Gasteiger partial charge in [-0.15, -0.1) is 0 Å². The van der Waals surface area contributed by atoms with Crippen molar-refractivity contribution in [1.29, 1.82) is 0 Å². The first kappa shape index (κ1) is 19.4. The molecule has 0 spiro atoms. The monoisotopic (exact) mass is 426 g/mol. The Morgan fingerprint density at radius 1 is 1.27 bits per heavy atom. The van der Waals surface area contributed by atoms with Crippen molar-refractivity contribution >= 4 is 32.6 Å². The molecule has 156 valence electrons. The topological polar surface area (TPSA) is 68.1 Å². The molecule has 1 saturated heterocycles. The van der Waals surface area contributed by atoms with Crippen LogP contribution in [0.4, 0.5) is 9.52 Å².